The lowest BCUT2D eigenvalue weighted by Gasteiger charge is -2.32. The molecule has 2 aromatic heterocycles. The van der Waals surface area contributed by atoms with Crippen molar-refractivity contribution in [1.82, 2.24) is 25.1 Å². The summed E-state index contributed by atoms with van der Waals surface area (Å²) in [6.07, 6.45) is 4.88. The Hall–Kier alpha value is -2.33. The van der Waals surface area contributed by atoms with Crippen LogP contribution in [-0.2, 0) is 22.7 Å². The fraction of sp³-hybridized carbons (Fsp3) is 0.481. The van der Waals surface area contributed by atoms with Crippen molar-refractivity contribution in [3.8, 4) is 0 Å². The number of thiol groups is 1. The van der Waals surface area contributed by atoms with Gasteiger partial charge in [0.2, 0.25) is 11.8 Å². The van der Waals surface area contributed by atoms with Crippen LogP contribution in [0.4, 0.5) is 0 Å². The second-order valence-electron chi connectivity index (χ2n) is 10.3. The highest BCUT2D eigenvalue weighted by Gasteiger charge is 2.39. The maximum atomic E-state index is 12.4. The third-order valence-corrected chi connectivity index (χ3v) is 9.83. The summed E-state index contributed by atoms with van der Waals surface area (Å²) in [5.74, 6) is 0.0952. The van der Waals surface area contributed by atoms with Crippen LogP contribution in [0.2, 0.25) is 0 Å². The average molecular weight is 522 g/mol. The van der Waals surface area contributed by atoms with Crippen LogP contribution in [0.5, 0.6) is 0 Å². The number of hydrogen-bond donors (Lipinski definition) is 2. The highest BCUT2D eigenvalue weighted by molar-refractivity contribution is 7.80. The summed E-state index contributed by atoms with van der Waals surface area (Å²) in [4.78, 5) is 40.3. The van der Waals surface area contributed by atoms with Gasteiger partial charge in [0.1, 0.15) is 11.2 Å². The fourth-order valence-electron chi connectivity index (χ4n) is 6.01. The van der Waals surface area contributed by atoms with Gasteiger partial charge in [-0.1, -0.05) is 18.2 Å². The summed E-state index contributed by atoms with van der Waals surface area (Å²) in [6, 6.07) is 6.36. The highest BCUT2D eigenvalue weighted by atomic mass is 32.1. The van der Waals surface area contributed by atoms with E-state index < -0.39 is 0 Å². The van der Waals surface area contributed by atoms with Crippen molar-refractivity contribution in [2.24, 2.45) is 0 Å². The number of piperidine rings is 2. The van der Waals surface area contributed by atoms with Crippen molar-refractivity contribution in [3.63, 3.8) is 0 Å². The Morgan fingerprint density at radius 3 is 2.72 bits per heavy atom. The first kappa shape index (κ1) is 24.0. The molecule has 2 fully saturated rings. The van der Waals surface area contributed by atoms with Gasteiger partial charge in [0.05, 0.1) is 17.1 Å². The SMILES string of the molecule is Cc1sc2ncnc(C3CCN(Cc4ccc5c(c4)C(S)N(C4CCC(=O)NC4=O)C5)CC3)c2c1C. The van der Waals surface area contributed by atoms with E-state index >= 15 is 0 Å². The molecule has 0 bridgehead atoms. The minimum absolute atomic E-state index is 0.132. The first-order valence-corrected chi connectivity index (χ1v) is 14.0. The number of aromatic nitrogens is 2. The minimum atomic E-state index is -0.302. The molecule has 0 radical (unpaired) electrons. The third-order valence-electron chi connectivity index (χ3n) is 8.14. The molecule has 3 aromatic rings. The van der Waals surface area contributed by atoms with E-state index in [1.165, 1.54) is 38.2 Å². The number of carbonyl (C=O) groups is 2. The molecule has 3 aliphatic heterocycles. The molecule has 188 valence electrons. The first-order chi connectivity index (χ1) is 17.4. The van der Waals surface area contributed by atoms with Crippen LogP contribution in [-0.4, -0.2) is 50.7 Å². The average Bonchev–Trinajstić information content (AvgIpc) is 3.35. The van der Waals surface area contributed by atoms with Gasteiger partial charge in [-0.3, -0.25) is 24.7 Å². The second-order valence-corrected chi connectivity index (χ2v) is 12.0. The van der Waals surface area contributed by atoms with Gasteiger partial charge in [0.15, 0.2) is 0 Å². The van der Waals surface area contributed by atoms with E-state index in [4.69, 9.17) is 17.6 Å². The van der Waals surface area contributed by atoms with Gasteiger partial charge in [0, 0.05) is 35.7 Å². The van der Waals surface area contributed by atoms with Crippen molar-refractivity contribution in [1.29, 1.82) is 0 Å². The Morgan fingerprint density at radius 2 is 1.94 bits per heavy atom. The van der Waals surface area contributed by atoms with Crippen LogP contribution in [0.3, 0.4) is 0 Å². The Labute approximate surface area is 220 Å². The lowest BCUT2D eigenvalue weighted by molar-refractivity contribution is -0.137. The Balaban J connectivity index is 1.11. The molecule has 2 amide bonds. The van der Waals surface area contributed by atoms with Gasteiger partial charge in [-0.2, -0.15) is 12.6 Å². The molecule has 0 spiro atoms. The van der Waals surface area contributed by atoms with Crippen molar-refractivity contribution in [3.05, 3.63) is 57.4 Å². The van der Waals surface area contributed by atoms with Crippen LogP contribution in [0.25, 0.3) is 10.2 Å². The van der Waals surface area contributed by atoms with E-state index in [2.05, 4.69) is 52.1 Å². The number of fused-ring (bicyclic) bond motifs is 2. The molecule has 9 heteroatoms. The quantitative estimate of drug-likeness (QED) is 0.395. The van der Waals surface area contributed by atoms with Crippen molar-refractivity contribution < 1.29 is 9.59 Å². The summed E-state index contributed by atoms with van der Waals surface area (Å²) >= 11 is 6.65. The monoisotopic (exact) mass is 521 g/mol. The predicted molar refractivity (Wildman–Crippen MR) is 144 cm³/mol. The van der Waals surface area contributed by atoms with Gasteiger partial charge in [-0.15, -0.1) is 11.3 Å². The minimum Gasteiger partial charge on any atom is -0.299 e. The molecule has 2 atom stereocenters. The molecule has 1 N–H and O–H groups in total. The third kappa shape index (κ3) is 4.26. The van der Waals surface area contributed by atoms with Crippen LogP contribution in [0.1, 0.15) is 69.8 Å². The standard InChI is InChI=1S/C27H31N5O2S2/c1-15-16(2)36-26-23(15)24(28-14-29-26)18-7-9-31(10-8-18)12-17-3-4-19-13-32(27(35)20(19)11-17)21-5-6-22(33)30-25(21)34/h3-4,11,14,18,21,27,35H,5-10,12-13H2,1-2H3,(H,30,33,34). The molecule has 1 aromatic carbocycles. The van der Waals surface area contributed by atoms with E-state index in [9.17, 15) is 9.59 Å². The summed E-state index contributed by atoms with van der Waals surface area (Å²) in [7, 11) is 0. The smallest absolute Gasteiger partial charge is 0.243 e. The van der Waals surface area contributed by atoms with Crippen molar-refractivity contribution in [2.75, 3.05) is 13.1 Å². The lowest BCUT2D eigenvalue weighted by Crippen LogP contribution is -2.51. The summed E-state index contributed by atoms with van der Waals surface area (Å²) in [6.45, 7) is 8.05. The summed E-state index contributed by atoms with van der Waals surface area (Å²) in [5, 5.41) is 3.62. The molecule has 3 aliphatic rings. The summed E-state index contributed by atoms with van der Waals surface area (Å²) < 4.78 is 0. The lowest BCUT2D eigenvalue weighted by atomic mass is 9.90. The molecule has 2 unspecified atom stereocenters. The number of benzene rings is 1. The Bertz CT molecular complexity index is 1350. The van der Waals surface area contributed by atoms with E-state index in [1.54, 1.807) is 17.7 Å². The van der Waals surface area contributed by atoms with Gasteiger partial charge in [-0.25, -0.2) is 9.97 Å². The largest absolute Gasteiger partial charge is 0.299 e. The second kappa shape index (κ2) is 9.52. The normalized spacial score (nSPS) is 23.9. The van der Waals surface area contributed by atoms with E-state index in [0.717, 1.165) is 37.3 Å². The maximum absolute atomic E-state index is 12.4. The number of thiophene rings is 1. The highest BCUT2D eigenvalue weighted by Crippen LogP contribution is 2.40. The number of nitrogens with one attached hydrogen (secondary N) is 1. The van der Waals surface area contributed by atoms with E-state index in [-0.39, 0.29) is 23.2 Å². The number of aryl methyl sites for hydroxylation is 2. The number of imide groups is 1. The molecule has 7 nitrogen and oxygen atoms in total. The van der Waals surface area contributed by atoms with Gasteiger partial charge < -0.3 is 0 Å². The zero-order chi connectivity index (χ0) is 25.0. The van der Waals surface area contributed by atoms with E-state index in [1.807, 2.05) is 0 Å². The molecule has 2 saturated heterocycles. The van der Waals surface area contributed by atoms with Crippen LogP contribution >= 0.6 is 24.0 Å². The number of hydrogen-bond acceptors (Lipinski definition) is 8. The van der Waals surface area contributed by atoms with Gasteiger partial charge >= 0.3 is 0 Å². The Kier molecular flexibility index (Phi) is 6.35. The molecule has 36 heavy (non-hydrogen) atoms. The number of amides is 2. The van der Waals surface area contributed by atoms with Crippen molar-refractivity contribution >= 4 is 46.0 Å². The van der Waals surface area contributed by atoms with Crippen molar-refractivity contribution in [2.45, 2.75) is 70.0 Å². The van der Waals surface area contributed by atoms with Crippen LogP contribution in [0.15, 0.2) is 24.5 Å². The zero-order valence-corrected chi connectivity index (χ0v) is 22.4. The number of carbonyl (C=O) groups excluding carboxylic acids is 2. The number of likely N-dealkylation sites (tertiary alicyclic amines) is 1. The maximum Gasteiger partial charge on any atom is 0.243 e. The summed E-state index contributed by atoms with van der Waals surface area (Å²) in [5.41, 5.74) is 6.24. The predicted octanol–water partition coefficient (Wildman–Crippen LogP) is 4.24. The molecular formula is C27H31N5O2S2. The topological polar surface area (TPSA) is 78.4 Å². The van der Waals surface area contributed by atoms with Gasteiger partial charge in [-0.05, 0) is 68.5 Å². The molecule has 5 heterocycles. The molecule has 0 aliphatic carbocycles. The fourth-order valence-corrected chi connectivity index (χ4v) is 7.50. The zero-order valence-electron chi connectivity index (χ0n) is 20.7. The molecule has 0 saturated carbocycles. The van der Waals surface area contributed by atoms with Crippen LogP contribution < -0.4 is 5.32 Å². The van der Waals surface area contributed by atoms with Crippen LogP contribution in [0, 0.1) is 13.8 Å². The number of rotatable bonds is 4. The number of nitrogens with zero attached hydrogens (tertiary/aromatic N) is 4. The van der Waals surface area contributed by atoms with Gasteiger partial charge in [0.25, 0.3) is 0 Å². The molecule has 6 rings (SSSR count). The van der Waals surface area contributed by atoms with E-state index in [0.29, 0.717) is 25.3 Å². The first-order valence-electron chi connectivity index (χ1n) is 12.7. The Morgan fingerprint density at radius 1 is 1.14 bits per heavy atom. The molecular weight excluding hydrogens is 490 g/mol.